The minimum atomic E-state index is -0.888. The highest BCUT2D eigenvalue weighted by atomic mass is 35.5. The summed E-state index contributed by atoms with van der Waals surface area (Å²) in [7, 11) is 0. The first-order chi connectivity index (χ1) is 12.9. The smallest absolute Gasteiger partial charge is 0.425 e. The lowest BCUT2D eigenvalue weighted by molar-refractivity contribution is 0.0429. The maximum Gasteiger partial charge on any atom is 0.425 e. The molecule has 0 unspecified atom stereocenters. The topological polar surface area (TPSA) is 84.9 Å². The normalized spacial score (nSPS) is 15.2. The highest BCUT2D eigenvalue weighted by Gasteiger charge is 2.34. The first-order valence-electron chi connectivity index (χ1n) is 9.41. The van der Waals surface area contributed by atoms with Crippen LogP contribution in [0.15, 0.2) is 6.07 Å². The number of halogens is 1. The van der Waals surface area contributed by atoms with E-state index in [-0.39, 0.29) is 11.0 Å². The van der Waals surface area contributed by atoms with Crippen LogP contribution in [0.2, 0.25) is 5.15 Å². The van der Waals surface area contributed by atoms with Gasteiger partial charge in [0.15, 0.2) is 5.82 Å². The molecular weight excluding hydrogens is 384 g/mol. The summed E-state index contributed by atoms with van der Waals surface area (Å²) >= 11 is 6.18. The Kier molecular flexibility index (Phi) is 6.75. The van der Waals surface area contributed by atoms with Crippen molar-refractivity contribution < 1.29 is 19.1 Å². The van der Waals surface area contributed by atoms with Crippen LogP contribution in [0.4, 0.5) is 21.4 Å². The van der Waals surface area contributed by atoms with Gasteiger partial charge < -0.3 is 14.4 Å². The number of imide groups is 1. The maximum atomic E-state index is 12.8. The number of piperidine rings is 1. The lowest BCUT2D eigenvalue weighted by atomic mass is 10.1. The zero-order chi connectivity index (χ0) is 21.1. The Morgan fingerprint density at radius 3 is 1.93 bits per heavy atom. The summed E-state index contributed by atoms with van der Waals surface area (Å²) in [6, 6.07) is 1.35. The Labute approximate surface area is 171 Å². The average Bonchev–Trinajstić information content (AvgIpc) is 2.51. The van der Waals surface area contributed by atoms with Gasteiger partial charge in [-0.05, 0) is 60.8 Å². The molecule has 156 valence electrons. The molecule has 28 heavy (non-hydrogen) atoms. The van der Waals surface area contributed by atoms with Crippen molar-refractivity contribution in [2.75, 3.05) is 22.9 Å². The van der Waals surface area contributed by atoms with Crippen LogP contribution in [0.5, 0.6) is 0 Å². The van der Waals surface area contributed by atoms with Crippen molar-refractivity contribution in [2.24, 2.45) is 0 Å². The van der Waals surface area contributed by atoms with Crippen LogP contribution in [0.1, 0.15) is 60.8 Å². The fourth-order valence-corrected chi connectivity index (χ4v) is 2.79. The number of hydrogen-bond donors (Lipinski definition) is 0. The number of carbonyl (C=O) groups is 2. The number of carbonyl (C=O) groups excluding carboxylic acids is 2. The molecular formula is C19H29ClN4O4. The fraction of sp³-hybridized carbons (Fsp3) is 0.684. The zero-order valence-corrected chi connectivity index (χ0v) is 18.2. The van der Waals surface area contributed by atoms with Gasteiger partial charge in [0, 0.05) is 19.2 Å². The SMILES string of the molecule is CC(C)(C)OC(=O)N(C(=O)OC(C)(C)C)c1cc(Cl)nc(N2CCCCC2)n1. The molecule has 1 aliphatic heterocycles. The van der Waals surface area contributed by atoms with E-state index in [0.29, 0.717) is 5.95 Å². The van der Waals surface area contributed by atoms with E-state index in [2.05, 4.69) is 9.97 Å². The Bertz CT molecular complexity index is 694. The van der Waals surface area contributed by atoms with E-state index in [1.807, 2.05) is 4.90 Å². The van der Waals surface area contributed by atoms with Gasteiger partial charge in [-0.2, -0.15) is 9.88 Å². The largest absolute Gasteiger partial charge is 0.443 e. The molecule has 1 saturated heterocycles. The molecule has 2 amide bonds. The molecule has 0 aliphatic carbocycles. The third-order valence-electron chi connectivity index (χ3n) is 3.69. The molecule has 0 aromatic carbocycles. The number of aromatic nitrogens is 2. The van der Waals surface area contributed by atoms with Gasteiger partial charge in [-0.3, -0.25) is 0 Å². The van der Waals surface area contributed by atoms with Crippen molar-refractivity contribution in [1.82, 2.24) is 9.97 Å². The van der Waals surface area contributed by atoms with E-state index in [4.69, 9.17) is 21.1 Å². The molecule has 2 rings (SSSR count). The highest BCUT2D eigenvalue weighted by Crippen LogP contribution is 2.26. The summed E-state index contributed by atoms with van der Waals surface area (Å²) in [6.07, 6.45) is 1.41. The van der Waals surface area contributed by atoms with Gasteiger partial charge in [-0.25, -0.2) is 14.6 Å². The number of anilines is 2. The molecule has 1 aromatic rings. The van der Waals surface area contributed by atoms with Gasteiger partial charge >= 0.3 is 12.2 Å². The summed E-state index contributed by atoms with van der Waals surface area (Å²) in [6.45, 7) is 11.9. The molecule has 0 spiro atoms. The molecule has 2 heterocycles. The third kappa shape index (κ3) is 6.51. The van der Waals surface area contributed by atoms with Gasteiger partial charge in [0.05, 0.1) is 0 Å². The van der Waals surface area contributed by atoms with E-state index in [0.717, 1.165) is 37.3 Å². The van der Waals surface area contributed by atoms with Crippen LogP contribution in [-0.2, 0) is 9.47 Å². The molecule has 1 aromatic heterocycles. The molecule has 1 fully saturated rings. The lowest BCUT2D eigenvalue weighted by Gasteiger charge is -2.30. The summed E-state index contributed by atoms with van der Waals surface area (Å²) in [5.74, 6) is 0.392. The Hall–Kier alpha value is -2.09. The molecule has 0 saturated carbocycles. The third-order valence-corrected chi connectivity index (χ3v) is 3.88. The van der Waals surface area contributed by atoms with Gasteiger partial charge in [-0.15, -0.1) is 0 Å². The fourth-order valence-electron chi connectivity index (χ4n) is 2.62. The number of rotatable bonds is 2. The van der Waals surface area contributed by atoms with Crippen LogP contribution < -0.4 is 9.80 Å². The van der Waals surface area contributed by atoms with Crippen LogP contribution in [-0.4, -0.2) is 46.4 Å². The van der Waals surface area contributed by atoms with Crippen molar-refractivity contribution in [3.63, 3.8) is 0 Å². The second kappa shape index (κ2) is 8.51. The summed E-state index contributed by atoms with van der Waals surface area (Å²) in [4.78, 5) is 37.0. The van der Waals surface area contributed by atoms with Crippen molar-refractivity contribution in [3.8, 4) is 0 Å². The van der Waals surface area contributed by atoms with Crippen LogP contribution in [0.25, 0.3) is 0 Å². The van der Waals surface area contributed by atoms with Gasteiger partial charge in [-0.1, -0.05) is 11.6 Å². The van der Waals surface area contributed by atoms with Crippen molar-refractivity contribution in [1.29, 1.82) is 0 Å². The monoisotopic (exact) mass is 412 g/mol. The van der Waals surface area contributed by atoms with E-state index in [1.54, 1.807) is 41.5 Å². The van der Waals surface area contributed by atoms with E-state index in [1.165, 1.54) is 6.07 Å². The second-order valence-electron chi connectivity index (χ2n) is 8.69. The van der Waals surface area contributed by atoms with E-state index < -0.39 is 23.4 Å². The molecule has 9 heteroatoms. The van der Waals surface area contributed by atoms with Crippen LogP contribution in [0.3, 0.4) is 0 Å². The molecule has 0 atom stereocenters. The van der Waals surface area contributed by atoms with Crippen molar-refractivity contribution in [2.45, 2.75) is 72.0 Å². The number of nitrogens with zero attached hydrogens (tertiary/aromatic N) is 4. The summed E-state index contributed by atoms with van der Waals surface area (Å²) < 4.78 is 10.8. The van der Waals surface area contributed by atoms with Crippen molar-refractivity contribution in [3.05, 3.63) is 11.2 Å². The standard InChI is InChI=1S/C19H29ClN4O4/c1-18(2,3)27-16(25)24(17(26)28-19(4,5)6)14-12-13(20)21-15(22-14)23-10-8-7-9-11-23/h12H,7-11H2,1-6H3. The minimum absolute atomic E-state index is 0.0177. The maximum absolute atomic E-state index is 12.8. The van der Waals surface area contributed by atoms with Gasteiger partial charge in [0.25, 0.3) is 0 Å². The van der Waals surface area contributed by atoms with Crippen molar-refractivity contribution >= 4 is 35.6 Å². The first kappa shape index (κ1) is 22.2. The number of hydrogen-bond acceptors (Lipinski definition) is 7. The molecule has 0 bridgehead atoms. The van der Waals surface area contributed by atoms with E-state index >= 15 is 0 Å². The predicted octanol–water partition coefficient (Wildman–Crippen LogP) is 4.80. The highest BCUT2D eigenvalue weighted by molar-refractivity contribution is 6.30. The number of amides is 2. The predicted molar refractivity (Wildman–Crippen MR) is 108 cm³/mol. The van der Waals surface area contributed by atoms with Crippen LogP contribution in [0, 0.1) is 0 Å². The molecule has 1 aliphatic rings. The Morgan fingerprint density at radius 2 is 1.46 bits per heavy atom. The summed E-state index contributed by atoms with van der Waals surface area (Å²) in [5.41, 5.74) is -1.60. The second-order valence-corrected chi connectivity index (χ2v) is 9.08. The lowest BCUT2D eigenvalue weighted by Crippen LogP contribution is -2.44. The molecule has 0 N–H and O–H groups in total. The van der Waals surface area contributed by atoms with Gasteiger partial charge in [0.2, 0.25) is 5.95 Å². The molecule has 8 nitrogen and oxygen atoms in total. The van der Waals surface area contributed by atoms with Crippen LogP contribution >= 0.6 is 11.6 Å². The quantitative estimate of drug-likeness (QED) is 0.645. The first-order valence-corrected chi connectivity index (χ1v) is 9.79. The molecule has 0 radical (unpaired) electrons. The van der Waals surface area contributed by atoms with Gasteiger partial charge in [0.1, 0.15) is 16.4 Å². The number of ether oxygens (including phenoxy) is 2. The minimum Gasteiger partial charge on any atom is -0.443 e. The Balaban J connectivity index is 2.42. The Morgan fingerprint density at radius 1 is 0.964 bits per heavy atom. The van der Waals surface area contributed by atoms with E-state index in [9.17, 15) is 9.59 Å². The average molecular weight is 413 g/mol. The summed E-state index contributed by atoms with van der Waals surface area (Å²) in [5, 5.41) is 0.127. The zero-order valence-electron chi connectivity index (χ0n) is 17.4.